The fraction of sp³-hybridized carbons (Fsp3) is 0.759. The van der Waals surface area contributed by atoms with Crippen molar-refractivity contribution in [2.45, 2.75) is 402 Å². The molecule has 0 aromatic heterocycles. The summed E-state index contributed by atoms with van der Waals surface area (Å²) in [6.07, 6.45) is 85.7. The van der Waals surface area contributed by atoms with Crippen LogP contribution in [-0.2, 0) is 23.7 Å². The van der Waals surface area contributed by atoms with Crippen molar-refractivity contribution in [1.82, 2.24) is 5.32 Å². The number of carbonyl (C=O) groups is 1. The molecular weight excluding hydrogens is 1270 g/mol. The Morgan fingerprint density at radius 1 is 0.366 bits per heavy atom. The van der Waals surface area contributed by atoms with E-state index in [1.165, 1.54) is 212 Å². The number of ether oxygens (including phenoxy) is 4. The van der Waals surface area contributed by atoms with Crippen LogP contribution in [0.1, 0.15) is 328 Å². The van der Waals surface area contributed by atoms with Gasteiger partial charge in [-0.2, -0.15) is 0 Å². The fourth-order valence-electron chi connectivity index (χ4n) is 12.9. The van der Waals surface area contributed by atoms with Crippen molar-refractivity contribution >= 4 is 5.91 Å². The maximum atomic E-state index is 13.4. The van der Waals surface area contributed by atoms with Gasteiger partial charge in [0.2, 0.25) is 5.91 Å². The molecule has 0 aliphatic carbocycles. The lowest BCUT2D eigenvalue weighted by molar-refractivity contribution is -0.359. The van der Waals surface area contributed by atoms with Gasteiger partial charge in [0.25, 0.3) is 0 Å². The van der Waals surface area contributed by atoms with Crippen LogP contribution in [0.15, 0.2) is 122 Å². The lowest BCUT2D eigenvalue weighted by Gasteiger charge is -2.46. The summed E-state index contributed by atoms with van der Waals surface area (Å²) in [5.41, 5.74) is 0. The van der Waals surface area contributed by atoms with Crippen LogP contribution >= 0.6 is 0 Å². The number of unbranched alkanes of at least 4 members (excludes halogenated alkanes) is 37. The van der Waals surface area contributed by atoms with Gasteiger partial charge < -0.3 is 65.1 Å². The summed E-state index contributed by atoms with van der Waals surface area (Å²) >= 11 is 0. The summed E-state index contributed by atoms with van der Waals surface area (Å²) in [6, 6.07) is -0.939. The normalized spacial score (nSPS) is 22.4. The van der Waals surface area contributed by atoms with Crippen LogP contribution < -0.4 is 5.32 Å². The topological polar surface area (TPSA) is 228 Å². The number of amides is 1. The SMILES string of the molecule is CC/C=C\C/C=C\C/C=C\C/C=C\C/C=C\C/C=C\C/C=C\C/C=C\CCCCCCCCCCCCCCCCCCC(=O)NC(COC1OC(CO)C(OC2OC(CO)C(O)C(O)C2O)C(O)C1O)C(O)/C=C/CC/C=C/CCCCCCCCCCCCCCCCCCCCCC. The predicted molar refractivity (Wildman–Crippen MR) is 419 cm³/mol. The molecule has 9 N–H and O–H groups in total. The number of aliphatic hydroxyl groups excluding tert-OH is 8. The summed E-state index contributed by atoms with van der Waals surface area (Å²) in [5, 5.41) is 87.7. The van der Waals surface area contributed by atoms with Crippen LogP contribution in [0.5, 0.6) is 0 Å². The van der Waals surface area contributed by atoms with Crippen LogP contribution in [0, 0.1) is 0 Å². The van der Waals surface area contributed by atoms with E-state index < -0.39 is 86.8 Å². The molecule has 14 nitrogen and oxygen atoms in total. The van der Waals surface area contributed by atoms with E-state index in [1.807, 2.05) is 6.08 Å². The maximum Gasteiger partial charge on any atom is 0.220 e. The quantitative estimate of drug-likeness (QED) is 0.0204. The summed E-state index contributed by atoms with van der Waals surface area (Å²) in [4.78, 5) is 13.4. The number of aliphatic hydroxyl groups is 8. The number of hydrogen-bond acceptors (Lipinski definition) is 13. The molecule has 0 bridgehead atoms. The fourth-order valence-corrected chi connectivity index (χ4v) is 12.9. The van der Waals surface area contributed by atoms with E-state index >= 15 is 0 Å². The zero-order valence-electron chi connectivity index (χ0n) is 63.9. The molecule has 12 unspecified atom stereocenters. The largest absolute Gasteiger partial charge is 0.394 e. The lowest BCUT2D eigenvalue weighted by atomic mass is 9.97. The molecule has 1 amide bonds. The second-order valence-corrected chi connectivity index (χ2v) is 28.5. The minimum Gasteiger partial charge on any atom is -0.394 e. The molecule has 14 heteroatoms. The van der Waals surface area contributed by atoms with E-state index in [9.17, 15) is 45.6 Å². The average Bonchev–Trinajstić information content (AvgIpc) is 0.792. The van der Waals surface area contributed by atoms with E-state index in [1.54, 1.807) is 6.08 Å². The van der Waals surface area contributed by atoms with Gasteiger partial charge in [0, 0.05) is 6.42 Å². The highest BCUT2D eigenvalue weighted by Crippen LogP contribution is 2.30. The van der Waals surface area contributed by atoms with E-state index in [4.69, 9.17) is 18.9 Å². The molecule has 0 radical (unpaired) electrons. The molecule has 12 atom stereocenters. The Balaban J connectivity index is 1.60. The molecule has 2 aliphatic heterocycles. The Labute approximate surface area is 616 Å². The van der Waals surface area contributed by atoms with Crippen molar-refractivity contribution in [3.63, 3.8) is 0 Å². The highest BCUT2D eigenvalue weighted by Gasteiger charge is 2.51. The summed E-state index contributed by atoms with van der Waals surface area (Å²) in [7, 11) is 0. The second-order valence-electron chi connectivity index (χ2n) is 28.5. The van der Waals surface area contributed by atoms with Gasteiger partial charge in [0.15, 0.2) is 12.6 Å². The summed E-state index contributed by atoms with van der Waals surface area (Å²) in [5.74, 6) is -0.249. The highest BCUT2D eigenvalue weighted by atomic mass is 16.7. The first-order valence-corrected chi connectivity index (χ1v) is 41.3. The zero-order valence-corrected chi connectivity index (χ0v) is 63.9. The number of nitrogens with one attached hydrogen (secondary N) is 1. The van der Waals surface area contributed by atoms with Gasteiger partial charge in [-0.3, -0.25) is 4.79 Å². The predicted octanol–water partition coefficient (Wildman–Crippen LogP) is 19.2. The zero-order chi connectivity index (χ0) is 73.0. The molecule has 582 valence electrons. The van der Waals surface area contributed by atoms with Crippen molar-refractivity contribution in [2.75, 3.05) is 19.8 Å². The Morgan fingerprint density at radius 2 is 0.693 bits per heavy atom. The molecule has 0 spiro atoms. The number of hydrogen-bond donors (Lipinski definition) is 9. The van der Waals surface area contributed by atoms with E-state index in [2.05, 4.69) is 129 Å². The molecule has 101 heavy (non-hydrogen) atoms. The minimum atomic E-state index is -1.80. The van der Waals surface area contributed by atoms with Gasteiger partial charge in [-0.05, 0) is 96.3 Å². The van der Waals surface area contributed by atoms with Crippen molar-refractivity contribution < 1.29 is 64.6 Å². The Hall–Kier alpha value is -3.61. The highest BCUT2D eigenvalue weighted by molar-refractivity contribution is 5.76. The monoisotopic (exact) mass is 1420 g/mol. The van der Waals surface area contributed by atoms with Gasteiger partial charge in [0.05, 0.1) is 32.0 Å². The molecule has 0 aromatic rings. The number of rotatable bonds is 68. The first-order valence-electron chi connectivity index (χ1n) is 41.3. The van der Waals surface area contributed by atoms with Crippen LogP contribution in [0.4, 0.5) is 0 Å². The maximum absolute atomic E-state index is 13.4. The third-order valence-corrected chi connectivity index (χ3v) is 19.4. The Morgan fingerprint density at radius 3 is 1.09 bits per heavy atom. The molecule has 2 saturated heterocycles. The van der Waals surface area contributed by atoms with Gasteiger partial charge in [-0.15, -0.1) is 0 Å². The van der Waals surface area contributed by atoms with Crippen molar-refractivity contribution in [1.29, 1.82) is 0 Å². The summed E-state index contributed by atoms with van der Waals surface area (Å²) in [6.45, 7) is 2.70. The van der Waals surface area contributed by atoms with Gasteiger partial charge in [0.1, 0.15) is 48.8 Å². The van der Waals surface area contributed by atoms with E-state index in [-0.39, 0.29) is 18.9 Å². The lowest BCUT2D eigenvalue weighted by Crippen LogP contribution is -2.65. The molecule has 0 saturated carbocycles. The first-order chi connectivity index (χ1) is 49.6. The van der Waals surface area contributed by atoms with Gasteiger partial charge in [-0.25, -0.2) is 0 Å². The number of allylic oxidation sites excluding steroid dienone is 19. The van der Waals surface area contributed by atoms with Crippen molar-refractivity contribution in [3.05, 3.63) is 122 Å². The van der Waals surface area contributed by atoms with Crippen molar-refractivity contribution in [3.8, 4) is 0 Å². The molecule has 2 heterocycles. The second kappa shape index (κ2) is 69.4. The van der Waals surface area contributed by atoms with Crippen LogP contribution in [0.25, 0.3) is 0 Å². The van der Waals surface area contributed by atoms with Crippen LogP contribution in [0.3, 0.4) is 0 Å². The third-order valence-electron chi connectivity index (χ3n) is 19.4. The van der Waals surface area contributed by atoms with Gasteiger partial charge in [-0.1, -0.05) is 347 Å². The molecular formula is C87H151NO13. The Bertz CT molecular complexity index is 2170. The summed E-state index contributed by atoms with van der Waals surface area (Å²) < 4.78 is 22.9. The Kier molecular flexibility index (Phi) is 64.3. The van der Waals surface area contributed by atoms with Gasteiger partial charge >= 0.3 is 0 Å². The molecule has 2 rings (SSSR count). The standard InChI is InChI=1S/C87H151NO13/c1-3-5-7-9-11-13-15-17-19-21-23-25-27-29-31-32-33-34-35-36-37-38-39-40-41-42-43-44-45-47-49-51-53-55-57-59-61-63-65-67-69-71-79(92)88-75(74-98-86-84(97)82(95)85(78(73-90)100-86)101-87-83(96)81(94)80(93)77(72-89)99-87)76(91)70-68-66-64-62-60-58-56-54-52-50-48-46-30-28-26-24-22-20-18-16-14-12-10-8-6-4-2/h5,7,11,13,17,19,23,25,29,31,33-34,36-37,39-40,60,62,68,70,75-78,80-87,89-91,93-97H,3-4,6,8-10,12,14-16,18,20-22,24,26-28,30,32,35,38,41-59,61,63-67,69,71-74H2,1-2H3,(H,88,92)/b7-5-,13-11-,19-17-,25-23-,31-29-,34-33-,37-36-,40-39-,62-60+,70-68+. The van der Waals surface area contributed by atoms with E-state index in [0.29, 0.717) is 12.8 Å². The molecule has 0 aromatic carbocycles. The number of carbonyl (C=O) groups excluding carboxylic acids is 1. The first kappa shape index (κ1) is 93.5. The van der Waals surface area contributed by atoms with E-state index in [0.717, 1.165) is 83.5 Å². The van der Waals surface area contributed by atoms with Crippen LogP contribution in [-0.4, -0.2) is 140 Å². The molecule has 2 fully saturated rings. The minimum absolute atomic E-state index is 0.249. The smallest absolute Gasteiger partial charge is 0.220 e. The average molecular weight is 1420 g/mol. The van der Waals surface area contributed by atoms with Crippen LogP contribution in [0.2, 0.25) is 0 Å². The third kappa shape index (κ3) is 52.1. The molecule has 2 aliphatic rings. The van der Waals surface area contributed by atoms with Crippen molar-refractivity contribution in [2.24, 2.45) is 0 Å².